The summed E-state index contributed by atoms with van der Waals surface area (Å²) in [5, 5.41) is 4.12. The van der Waals surface area contributed by atoms with E-state index in [1.165, 1.54) is 12.8 Å². The minimum absolute atomic E-state index is 0.0841. The number of anilines is 1. The van der Waals surface area contributed by atoms with E-state index in [0.717, 1.165) is 56.4 Å². The van der Waals surface area contributed by atoms with E-state index in [1.807, 2.05) is 11.0 Å². The second-order valence-corrected chi connectivity index (χ2v) is 7.40. The molecule has 0 N–H and O–H groups in total. The minimum atomic E-state index is -0.0841. The van der Waals surface area contributed by atoms with Crippen LogP contribution in [0.25, 0.3) is 11.4 Å². The van der Waals surface area contributed by atoms with Crippen molar-refractivity contribution in [1.82, 2.24) is 20.0 Å². The molecule has 0 spiro atoms. The van der Waals surface area contributed by atoms with E-state index < -0.39 is 0 Å². The standard InChI is InChI=1S/C19H25N5O2/c1-13(2)14-11-15(21-19(20-14)24-9-5-6-10-24)16-12-17(26-22-16)18(25)23-7-3-4-8-23/h11-13H,3-10H2,1-2H3. The highest BCUT2D eigenvalue weighted by atomic mass is 16.5. The van der Waals surface area contributed by atoms with Gasteiger partial charge in [0, 0.05) is 37.9 Å². The van der Waals surface area contributed by atoms with Gasteiger partial charge in [-0.15, -0.1) is 0 Å². The van der Waals surface area contributed by atoms with Crippen LogP contribution in [0.3, 0.4) is 0 Å². The quantitative estimate of drug-likeness (QED) is 0.839. The highest BCUT2D eigenvalue weighted by Gasteiger charge is 2.25. The molecule has 7 nitrogen and oxygen atoms in total. The highest BCUT2D eigenvalue weighted by Crippen LogP contribution is 2.26. The first kappa shape index (κ1) is 17.0. The Kier molecular flexibility index (Phi) is 4.61. The molecule has 138 valence electrons. The van der Waals surface area contributed by atoms with E-state index in [9.17, 15) is 4.79 Å². The molecule has 0 saturated carbocycles. The molecule has 0 atom stereocenters. The summed E-state index contributed by atoms with van der Waals surface area (Å²) in [4.78, 5) is 26.0. The third kappa shape index (κ3) is 3.30. The predicted molar refractivity (Wildman–Crippen MR) is 98.2 cm³/mol. The van der Waals surface area contributed by atoms with Crippen molar-refractivity contribution < 1.29 is 9.32 Å². The molecule has 4 heterocycles. The SMILES string of the molecule is CC(C)c1cc(-c2cc(C(=O)N3CCCC3)on2)nc(N2CCCC2)n1. The molecule has 2 aliphatic rings. The largest absolute Gasteiger partial charge is 0.350 e. The Hall–Kier alpha value is -2.44. The fourth-order valence-electron chi connectivity index (χ4n) is 3.51. The van der Waals surface area contributed by atoms with Crippen LogP contribution in [0.4, 0.5) is 5.95 Å². The normalized spacial score (nSPS) is 17.5. The van der Waals surface area contributed by atoms with Crippen LogP contribution in [0.5, 0.6) is 0 Å². The third-order valence-corrected chi connectivity index (χ3v) is 5.09. The number of amides is 1. The lowest BCUT2D eigenvalue weighted by molar-refractivity contribution is 0.0751. The summed E-state index contributed by atoms with van der Waals surface area (Å²) in [5.41, 5.74) is 2.29. The molecular formula is C19H25N5O2. The first-order valence-electron chi connectivity index (χ1n) is 9.52. The van der Waals surface area contributed by atoms with Gasteiger partial charge in [0.1, 0.15) is 5.69 Å². The van der Waals surface area contributed by atoms with E-state index in [4.69, 9.17) is 14.5 Å². The van der Waals surface area contributed by atoms with Gasteiger partial charge in [0.05, 0.1) is 5.69 Å². The Balaban J connectivity index is 1.65. The summed E-state index contributed by atoms with van der Waals surface area (Å²) >= 11 is 0. The van der Waals surface area contributed by atoms with Crippen LogP contribution in [0.2, 0.25) is 0 Å². The average Bonchev–Trinajstić information content (AvgIpc) is 3.43. The molecule has 26 heavy (non-hydrogen) atoms. The molecule has 0 unspecified atom stereocenters. The fourth-order valence-corrected chi connectivity index (χ4v) is 3.51. The maximum atomic E-state index is 12.5. The zero-order valence-electron chi connectivity index (χ0n) is 15.4. The summed E-state index contributed by atoms with van der Waals surface area (Å²) in [5.74, 6) is 1.24. The monoisotopic (exact) mass is 355 g/mol. The molecule has 2 aromatic heterocycles. The zero-order chi connectivity index (χ0) is 18.1. The molecule has 7 heteroatoms. The van der Waals surface area contributed by atoms with Gasteiger partial charge in [-0.05, 0) is 37.7 Å². The highest BCUT2D eigenvalue weighted by molar-refractivity contribution is 5.92. The molecule has 2 aliphatic heterocycles. The number of carbonyl (C=O) groups is 1. The van der Waals surface area contributed by atoms with E-state index >= 15 is 0 Å². The molecule has 0 aliphatic carbocycles. The maximum absolute atomic E-state index is 12.5. The van der Waals surface area contributed by atoms with E-state index in [2.05, 4.69) is 23.9 Å². The van der Waals surface area contributed by atoms with Crippen LogP contribution >= 0.6 is 0 Å². The van der Waals surface area contributed by atoms with Crippen molar-refractivity contribution >= 4 is 11.9 Å². The number of nitrogens with zero attached hydrogens (tertiary/aromatic N) is 5. The zero-order valence-corrected chi connectivity index (χ0v) is 15.4. The van der Waals surface area contributed by atoms with E-state index in [1.54, 1.807) is 6.07 Å². The Bertz CT molecular complexity index is 789. The van der Waals surface area contributed by atoms with Crippen molar-refractivity contribution in [1.29, 1.82) is 0 Å². The number of hydrogen-bond donors (Lipinski definition) is 0. The summed E-state index contributed by atoms with van der Waals surface area (Å²) < 4.78 is 5.34. The molecular weight excluding hydrogens is 330 g/mol. The number of hydrogen-bond acceptors (Lipinski definition) is 6. The van der Waals surface area contributed by atoms with Crippen molar-refractivity contribution in [2.45, 2.75) is 45.4 Å². The Morgan fingerprint density at radius 2 is 1.69 bits per heavy atom. The van der Waals surface area contributed by atoms with Gasteiger partial charge in [0.15, 0.2) is 0 Å². The molecule has 4 rings (SSSR count). The van der Waals surface area contributed by atoms with Crippen molar-refractivity contribution in [2.24, 2.45) is 0 Å². The smallest absolute Gasteiger partial charge is 0.292 e. The summed E-state index contributed by atoms with van der Waals surface area (Å²) in [6.07, 6.45) is 4.44. The predicted octanol–water partition coefficient (Wildman–Crippen LogP) is 3.09. The van der Waals surface area contributed by atoms with Crippen molar-refractivity contribution in [3.8, 4) is 11.4 Å². The van der Waals surface area contributed by atoms with Crippen molar-refractivity contribution in [3.63, 3.8) is 0 Å². The lowest BCUT2D eigenvalue weighted by atomic mass is 10.1. The molecule has 2 saturated heterocycles. The van der Waals surface area contributed by atoms with Crippen molar-refractivity contribution in [2.75, 3.05) is 31.1 Å². The summed E-state index contributed by atoms with van der Waals surface area (Å²) in [6.45, 7) is 7.78. The van der Waals surface area contributed by atoms with Gasteiger partial charge in [0.2, 0.25) is 11.7 Å². The first-order chi connectivity index (χ1) is 12.6. The van der Waals surface area contributed by atoms with Gasteiger partial charge >= 0.3 is 0 Å². The number of likely N-dealkylation sites (tertiary alicyclic amines) is 1. The minimum Gasteiger partial charge on any atom is -0.350 e. The summed E-state index contributed by atoms with van der Waals surface area (Å²) in [6, 6.07) is 3.66. The van der Waals surface area contributed by atoms with Gasteiger partial charge < -0.3 is 14.3 Å². The first-order valence-corrected chi connectivity index (χ1v) is 9.52. The number of aromatic nitrogens is 3. The van der Waals surface area contributed by atoms with Crippen LogP contribution in [0, 0.1) is 0 Å². The second kappa shape index (κ2) is 7.05. The van der Waals surface area contributed by atoms with Gasteiger partial charge in [-0.2, -0.15) is 0 Å². The maximum Gasteiger partial charge on any atom is 0.292 e. The Morgan fingerprint density at radius 1 is 1.00 bits per heavy atom. The van der Waals surface area contributed by atoms with Crippen LogP contribution in [0.1, 0.15) is 61.7 Å². The lowest BCUT2D eigenvalue weighted by Gasteiger charge is -2.17. The molecule has 1 amide bonds. The van der Waals surface area contributed by atoms with Crippen molar-refractivity contribution in [3.05, 3.63) is 23.6 Å². The molecule has 0 aromatic carbocycles. The van der Waals surface area contributed by atoms with Gasteiger partial charge in [0.25, 0.3) is 5.91 Å². The van der Waals surface area contributed by atoms with E-state index in [-0.39, 0.29) is 17.6 Å². The number of rotatable bonds is 4. The summed E-state index contributed by atoms with van der Waals surface area (Å²) in [7, 11) is 0. The van der Waals surface area contributed by atoms with Crippen LogP contribution in [0.15, 0.2) is 16.7 Å². The Labute approximate surface area is 153 Å². The van der Waals surface area contributed by atoms with Gasteiger partial charge in [-0.25, -0.2) is 9.97 Å². The average molecular weight is 355 g/mol. The van der Waals surface area contributed by atoms with Crippen LogP contribution in [-0.2, 0) is 0 Å². The Morgan fingerprint density at radius 3 is 2.38 bits per heavy atom. The van der Waals surface area contributed by atoms with Crippen LogP contribution in [-0.4, -0.2) is 52.1 Å². The van der Waals surface area contributed by atoms with Crippen LogP contribution < -0.4 is 4.90 Å². The van der Waals surface area contributed by atoms with Gasteiger partial charge in [-0.1, -0.05) is 19.0 Å². The topological polar surface area (TPSA) is 75.4 Å². The van der Waals surface area contributed by atoms with E-state index in [0.29, 0.717) is 5.69 Å². The fraction of sp³-hybridized carbons (Fsp3) is 0.579. The van der Waals surface area contributed by atoms with Gasteiger partial charge in [-0.3, -0.25) is 4.79 Å². The molecule has 2 fully saturated rings. The second-order valence-electron chi connectivity index (χ2n) is 7.40. The third-order valence-electron chi connectivity index (χ3n) is 5.09. The molecule has 0 bridgehead atoms. The molecule has 0 radical (unpaired) electrons. The molecule has 2 aromatic rings. The number of carbonyl (C=O) groups excluding carboxylic acids is 1. The lowest BCUT2D eigenvalue weighted by Crippen LogP contribution is -2.27.